The van der Waals surface area contributed by atoms with Gasteiger partial charge in [0, 0.05) is 18.5 Å². The zero-order valence-corrected chi connectivity index (χ0v) is 18.4. The van der Waals surface area contributed by atoms with E-state index < -0.39 is 4.92 Å². The topological polar surface area (TPSA) is 104 Å². The predicted molar refractivity (Wildman–Crippen MR) is 129 cm³/mol. The molecule has 0 unspecified atom stereocenters. The predicted octanol–water partition coefficient (Wildman–Crippen LogP) is 4.95. The van der Waals surface area contributed by atoms with Crippen LogP contribution in [0.3, 0.4) is 0 Å². The van der Waals surface area contributed by atoms with Gasteiger partial charge in [0.25, 0.3) is 0 Å². The second kappa shape index (κ2) is 9.44. The van der Waals surface area contributed by atoms with Crippen molar-refractivity contribution in [3.8, 4) is 11.5 Å². The monoisotopic (exact) mass is 444 g/mol. The number of fused-ring (bicyclic) bond motifs is 1. The third kappa shape index (κ3) is 4.64. The molecule has 0 aliphatic carbocycles. The van der Waals surface area contributed by atoms with Crippen LogP contribution >= 0.6 is 0 Å². The molecule has 0 aliphatic rings. The van der Waals surface area contributed by atoms with Crippen LogP contribution in [0.15, 0.2) is 72.8 Å². The maximum absolute atomic E-state index is 12.1. The molecular weight excluding hydrogens is 420 g/mol. The molecule has 0 bridgehead atoms. The maximum Gasteiger partial charge on any atom is 0.334 e. The minimum Gasteiger partial charge on any atom is -0.497 e. The zero-order chi connectivity index (χ0) is 23.4. The molecule has 0 fully saturated rings. The van der Waals surface area contributed by atoms with Crippen molar-refractivity contribution in [2.24, 2.45) is 0 Å². The number of para-hydroxylation sites is 1. The number of rotatable bonds is 8. The number of benzene rings is 3. The molecule has 4 rings (SSSR count). The molecule has 0 aliphatic heterocycles. The van der Waals surface area contributed by atoms with E-state index in [-0.39, 0.29) is 11.5 Å². The van der Waals surface area contributed by atoms with Gasteiger partial charge < -0.3 is 20.1 Å². The quantitative estimate of drug-likeness (QED) is 0.303. The van der Waals surface area contributed by atoms with Crippen molar-refractivity contribution in [1.29, 1.82) is 0 Å². The van der Waals surface area contributed by atoms with Crippen molar-refractivity contribution in [2.45, 2.75) is 13.1 Å². The first-order valence-electron chi connectivity index (χ1n) is 10.3. The molecule has 0 saturated heterocycles. The number of nitrogens with two attached hydrogens (primary N) is 1. The van der Waals surface area contributed by atoms with E-state index in [1.807, 2.05) is 71.6 Å². The molecule has 168 valence electrons. The average molecular weight is 444 g/mol. The van der Waals surface area contributed by atoms with Crippen LogP contribution in [-0.4, -0.2) is 24.1 Å². The number of pyridine rings is 1. The van der Waals surface area contributed by atoms with Crippen molar-refractivity contribution in [1.82, 2.24) is 4.98 Å². The van der Waals surface area contributed by atoms with Crippen LogP contribution in [0.4, 0.5) is 17.2 Å². The number of methoxy groups -OCH3 is 2. The lowest BCUT2D eigenvalue weighted by molar-refractivity contribution is -0.383. The molecule has 0 atom stereocenters. The van der Waals surface area contributed by atoms with E-state index in [4.69, 9.17) is 15.2 Å². The van der Waals surface area contributed by atoms with Gasteiger partial charge in [0.05, 0.1) is 24.7 Å². The highest BCUT2D eigenvalue weighted by Crippen LogP contribution is 2.40. The summed E-state index contributed by atoms with van der Waals surface area (Å²) in [7, 11) is 3.22. The first-order valence-corrected chi connectivity index (χ1v) is 10.3. The van der Waals surface area contributed by atoms with E-state index in [2.05, 4.69) is 4.98 Å². The van der Waals surface area contributed by atoms with Crippen LogP contribution in [-0.2, 0) is 13.1 Å². The van der Waals surface area contributed by atoms with Crippen LogP contribution in [0.1, 0.15) is 11.1 Å². The summed E-state index contributed by atoms with van der Waals surface area (Å²) in [5.41, 5.74) is 8.86. The minimum atomic E-state index is -0.459. The van der Waals surface area contributed by atoms with Gasteiger partial charge in [0.1, 0.15) is 17.2 Å². The lowest BCUT2D eigenvalue weighted by Gasteiger charge is -2.26. The zero-order valence-electron chi connectivity index (χ0n) is 18.4. The Kier molecular flexibility index (Phi) is 6.26. The molecule has 0 radical (unpaired) electrons. The van der Waals surface area contributed by atoms with Crippen molar-refractivity contribution < 1.29 is 14.4 Å². The van der Waals surface area contributed by atoms with Crippen molar-refractivity contribution in [3.05, 3.63) is 94.0 Å². The third-order valence-corrected chi connectivity index (χ3v) is 5.43. The molecule has 3 aromatic carbocycles. The van der Waals surface area contributed by atoms with Gasteiger partial charge in [0.15, 0.2) is 0 Å². The number of hydrogen-bond acceptors (Lipinski definition) is 7. The standard InChI is InChI=1S/C25H24N4O4/c1-32-19-11-7-17(8-12-19)15-28(16-18-9-13-20(33-2)14-10-18)23-21-5-3-4-6-22(21)27-25(26)24(23)29(30)31/h3-14H,15-16H2,1-2H3,(H2,26,27). The summed E-state index contributed by atoms with van der Waals surface area (Å²) in [4.78, 5) is 17.9. The second-order valence-corrected chi connectivity index (χ2v) is 7.52. The van der Waals surface area contributed by atoms with Crippen LogP contribution in [0.5, 0.6) is 11.5 Å². The number of hydrogen-bond donors (Lipinski definition) is 1. The summed E-state index contributed by atoms with van der Waals surface area (Å²) in [6, 6.07) is 22.6. The highest BCUT2D eigenvalue weighted by Gasteiger charge is 2.28. The molecule has 1 aromatic heterocycles. The summed E-state index contributed by atoms with van der Waals surface area (Å²) < 4.78 is 10.5. The van der Waals surface area contributed by atoms with E-state index in [9.17, 15) is 10.1 Å². The minimum absolute atomic E-state index is 0.108. The van der Waals surface area contributed by atoms with E-state index in [0.29, 0.717) is 29.7 Å². The number of nitro groups is 1. The first kappa shape index (κ1) is 21.9. The van der Waals surface area contributed by atoms with Crippen LogP contribution in [0.25, 0.3) is 10.9 Å². The number of nitrogens with zero attached hydrogens (tertiary/aromatic N) is 3. The van der Waals surface area contributed by atoms with Crippen LogP contribution < -0.4 is 20.1 Å². The van der Waals surface area contributed by atoms with Gasteiger partial charge in [-0.25, -0.2) is 4.98 Å². The third-order valence-electron chi connectivity index (χ3n) is 5.43. The summed E-state index contributed by atoms with van der Waals surface area (Å²) in [6.07, 6.45) is 0. The van der Waals surface area contributed by atoms with Gasteiger partial charge in [-0.3, -0.25) is 10.1 Å². The number of nitrogen functional groups attached to an aromatic ring is 1. The van der Waals surface area contributed by atoms with E-state index in [1.165, 1.54) is 0 Å². The molecular formula is C25H24N4O4. The number of anilines is 2. The van der Waals surface area contributed by atoms with E-state index in [0.717, 1.165) is 22.6 Å². The Morgan fingerprint density at radius 2 is 1.39 bits per heavy atom. The number of ether oxygens (including phenoxy) is 2. The fourth-order valence-electron chi connectivity index (χ4n) is 3.82. The van der Waals surface area contributed by atoms with Gasteiger partial charge >= 0.3 is 5.69 Å². The Hall–Kier alpha value is -4.33. The molecule has 2 N–H and O–H groups in total. The summed E-state index contributed by atoms with van der Waals surface area (Å²) in [5.74, 6) is 1.37. The summed E-state index contributed by atoms with van der Waals surface area (Å²) in [6.45, 7) is 0.842. The van der Waals surface area contributed by atoms with Crippen molar-refractivity contribution in [2.75, 3.05) is 24.9 Å². The molecule has 0 spiro atoms. The Bertz CT molecular complexity index is 1220. The Balaban J connectivity index is 1.86. The molecule has 33 heavy (non-hydrogen) atoms. The van der Waals surface area contributed by atoms with E-state index in [1.54, 1.807) is 20.3 Å². The molecule has 8 nitrogen and oxygen atoms in total. The molecule has 4 aromatic rings. The van der Waals surface area contributed by atoms with Gasteiger partial charge in [0.2, 0.25) is 5.82 Å². The summed E-state index contributed by atoms with van der Waals surface area (Å²) in [5, 5.41) is 12.8. The second-order valence-electron chi connectivity index (χ2n) is 7.52. The van der Waals surface area contributed by atoms with E-state index >= 15 is 0 Å². The fourth-order valence-corrected chi connectivity index (χ4v) is 3.82. The normalized spacial score (nSPS) is 10.7. The van der Waals surface area contributed by atoms with Crippen molar-refractivity contribution in [3.63, 3.8) is 0 Å². The lowest BCUT2D eigenvalue weighted by atomic mass is 10.1. The Labute approximate surface area is 191 Å². The molecule has 1 heterocycles. The van der Waals surface area contributed by atoms with Gasteiger partial charge in [-0.05, 0) is 41.5 Å². The Morgan fingerprint density at radius 1 is 0.879 bits per heavy atom. The average Bonchev–Trinajstić information content (AvgIpc) is 2.83. The highest BCUT2D eigenvalue weighted by atomic mass is 16.6. The highest BCUT2D eigenvalue weighted by molar-refractivity contribution is 5.99. The molecule has 0 saturated carbocycles. The smallest absolute Gasteiger partial charge is 0.334 e. The number of aromatic nitrogens is 1. The first-order chi connectivity index (χ1) is 16.0. The van der Waals surface area contributed by atoms with Gasteiger partial charge in [-0.1, -0.05) is 42.5 Å². The molecule has 8 heteroatoms. The SMILES string of the molecule is COc1ccc(CN(Cc2ccc(OC)cc2)c2c([N+](=O)[O-])c(N)nc3ccccc23)cc1. The van der Waals surface area contributed by atoms with Gasteiger partial charge in [-0.2, -0.15) is 0 Å². The van der Waals surface area contributed by atoms with Crippen molar-refractivity contribution >= 4 is 28.1 Å². The van der Waals surface area contributed by atoms with Crippen LogP contribution in [0.2, 0.25) is 0 Å². The largest absolute Gasteiger partial charge is 0.497 e. The fraction of sp³-hybridized carbons (Fsp3) is 0.160. The molecule has 0 amide bonds. The lowest BCUT2D eigenvalue weighted by Crippen LogP contribution is -2.24. The maximum atomic E-state index is 12.1. The van der Waals surface area contributed by atoms with Crippen LogP contribution in [0, 0.1) is 10.1 Å². The summed E-state index contributed by atoms with van der Waals surface area (Å²) >= 11 is 0. The van der Waals surface area contributed by atoms with Gasteiger partial charge in [-0.15, -0.1) is 0 Å². The Morgan fingerprint density at radius 3 is 1.88 bits per heavy atom.